The van der Waals surface area contributed by atoms with Gasteiger partial charge in [0.05, 0.1) is 0 Å². The lowest BCUT2D eigenvalue weighted by Crippen LogP contribution is -1.87. The summed E-state index contributed by atoms with van der Waals surface area (Å²) in [7, 11) is 0. The van der Waals surface area contributed by atoms with Gasteiger partial charge in [-0.05, 0) is 22.9 Å². The molecular formula is C6H5BrOS. The van der Waals surface area contributed by atoms with Crippen molar-refractivity contribution in [3.63, 3.8) is 0 Å². The summed E-state index contributed by atoms with van der Waals surface area (Å²) in [5.41, 5.74) is 0.778. The summed E-state index contributed by atoms with van der Waals surface area (Å²) in [4.78, 5) is 10.7. The van der Waals surface area contributed by atoms with E-state index < -0.39 is 0 Å². The zero-order chi connectivity index (χ0) is 6.85. The topological polar surface area (TPSA) is 17.1 Å². The average molecular weight is 205 g/mol. The molecule has 0 aromatic carbocycles. The summed E-state index contributed by atoms with van der Waals surface area (Å²) in [6.07, 6.45) is 0. The molecule has 0 bridgehead atoms. The zero-order valence-corrected chi connectivity index (χ0v) is 7.25. The van der Waals surface area contributed by atoms with Crippen LogP contribution in [0.25, 0.3) is 0 Å². The lowest BCUT2D eigenvalue weighted by atomic mass is 10.2. The molecule has 0 amide bonds. The maximum atomic E-state index is 10.7. The number of ketones is 1. The molecule has 0 fully saturated rings. The van der Waals surface area contributed by atoms with Gasteiger partial charge in [0, 0.05) is 20.8 Å². The second-order valence-corrected chi connectivity index (χ2v) is 3.29. The number of carbonyl (C=O) groups excluding carboxylic acids is 1. The van der Waals surface area contributed by atoms with Crippen molar-refractivity contribution in [3.8, 4) is 0 Å². The fourth-order valence-electron chi connectivity index (χ4n) is 0.533. The number of carbonyl (C=O) groups is 1. The van der Waals surface area contributed by atoms with Gasteiger partial charge in [0.1, 0.15) is 0 Å². The normalized spacial score (nSPS) is 9.56. The lowest BCUT2D eigenvalue weighted by molar-refractivity contribution is 0.101. The van der Waals surface area contributed by atoms with E-state index in [0.717, 1.165) is 10.0 Å². The van der Waals surface area contributed by atoms with Crippen LogP contribution < -0.4 is 0 Å². The largest absolute Gasteiger partial charge is 0.294 e. The van der Waals surface area contributed by atoms with Crippen LogP contribution in [0.2, 0.25) is 0 Å². The van der Waals surface area contributed by atoms with E-state index in [1.807, 2.05) is 10.8 Å². The molecule has 0 aliphatic rings. The molecule has 0 saturated carbocycles. The Morgan fingerprint density at radius 3 is 2.56 bits per heavy atom. The molecule has 1 aromatic rings. The fourth-order valence-corrected chi connectivity index (χ4v) is 2.15. The van der Waals surface area contributed by atoms with Crippen LogP contribution in [0.3, 0.4) is 0 Å². The lowest BCUT2D eigenvalue weighted by Gasteiger charge is -1.86. The van der Waals surface area contributed by atoms with Crippen molar-refractivity contribution in [1.82, 2.24) is 0 Å². The van der Waals surface area contributed by atoms with Crippen molar-refractivity contribution in [3.05, 3.63) is 20.8 Å². The summed E-state index contributed by atoms with van der Waals surface area (Å²) < 4.78 is 0.903. The summed E-state index contributed by atoms with van der Waals surface area (Å²) in [6, 6.07) is 0. The Balaban J connectivity index is 3.08. The molecule has 1 nitrogen and oxygen atoms in total. The Kier molecular flexibility index (Phi) is 2.03. The standard InChI is InChI=1S/C6H5BrOS/c1-4(8)5-2-9-3-6(5)7/h2-3H,1H3. The quantitative estimate of drug-likeness (QED) is 0.644. The fraction of sp³-hybridized carbons (Fsp3) is 0.167. The third kappa shape index (κ3) is 1.40. The molecule has 0 N–H and O–H groups in total. The predicted octanol–water partition coefficient (Wildman–Crippen LogP) is 2.71. The molecule has 0 atom stereocenters. The van der Waals surface area contributed by atoms with Crippen LogP contribution in [-0.2, 0) is 0 Å². The highest BCUT2D eigenvalue weighted by Gasteiger charge is 2.03. The Morgan fingerprint density at radius 1 is 1.67 bits per heavy atom. The summed E-state index contributed by atoms with van der Waals surface area (Å²) in [5, 5.41) is 3.74. The van der Waals surface area contributed by atoms with Crippen LogP contribution in [0.5, 0.6) is 0 Å². The van der Waals surface area contributed by atoms with Crippen LogP contribution in [0.1, 0.15) is 17.3 Å². The average Bonchev–Trinajstić information content (AvgIpc) is 2.13. The van der Waals surface area contributed by atoms with Gasteiger partial charge in [-0.15, -0.1) is 0 Å². The van der Waals surface area contributed by atoms with Gasteiger partial charge in [-0.1, -0.05) is 0 Å². The summed E-state index contributed by atoms with van der Waals surface area (Å²) >= 11 is 4.78. The van der Waals surface area contributed by atoms with E-state index in [1.54, 1.807) is 6.92 Å². The van der Waals surface area contributed by atoms with E-state index >= 15 is 0 Å². The van der Waals surface area contributed by atoms with E-state index in [4.69, 9.17) is 0 Å². The maximum Gasteiger partial charge on any atom is 0.161 e. The molecule has 0 saturated heterocycles. The highest BCUT2D eigenvalue weighted by molar-refractivity contribution is 9.10. The maximum absolute atomic E-state index is 10.7. The highest BCUT2D eigenvalue weighted by atomic mass is 79.9. The first-order valence-corrected chi connectivity index (χ1v) is 4.18. The highest BCUT2D eigenvalue weighted by Crippen LogP contribution is 2.21. The minimum atomic E-state index is 0.114. The molecular weight excluding hydrogens is 200 g/mol. The van der Waals surface area contributed by atoms with Crippen molar-refractivity contribution >= 4 is 33.0 Å². The van der Waals surface area contributed by atoms with Crippen molar-refractivity contribution < 1.29 is 4.79 Å². The first-order valence-electron chi connectivity index (χ1n) is 2.44. The smallest absolute Gasteiger partial charge is 0.161 e. The number of thiophene rings is 1. The van der Waals surface area contributed by atoms with E-state index in [2.05, 4.69) is 15.9 Å². The van der Waals surface area contributed by atoms with E-state index in [1.165, 1.54) is 11.3 Å². The van der Waals surface area contributed by atoms with Crippen molar-refractivity contribution in [1.29, 1.82) is 0 Å². The monoisotopic (exact) mass is 204 g/mol. The van der Waals surface area contributed by atoms with Gasteiger partial charge >= 0.3 is 0 Å². The van der Waals surface area contributed by atoms with Gasteiger partial charge in [-0.25, -0.2) is 0 Å². The first kappa shape index (κ1) is 6.96. The number of rotatable bonds is 1. The van der Waals surface area contributed by atoms with Gasteiger partial charge in [-0.3, -0.25) is 4.79 Å². The Morgan fingerprint density at radius 2 is 2.33 bits per heavy atom. The van der Waals surface area contributed by atoms with Gasteiger partial charge in [0.2, 0.25) is 0 Å². The molecule has 1 rings (SSSR count). The summed E-state index contributed by atoms with van der Waals surface area (Å²) in [6.45, 7) is 1.56. The number of halogens is 1. The van der Waals surface area contributed by atoms with Crippen LogP contribution in [0.15, 0.2) is 15.2 Å². The van der Waals surface area contributed by atoms with Crippen LogP contribution in [-0.4, -0.2) is 5.78 Å². The van der Waals surface area contributed by atoms with E-state index in [9.17, 15) is 4.79 Å². The van der Waals surface area contributed by atoms with Crippen LogP contribution in [0.4, 0.5) is 0 Å². The molecule has 48 valence electrons. The van der Waals surface area contributed by atoms with E-state index in [0.29, 0.717) is 0 Å². The van der Waals surface area contributed by atoms with Crippen molar-refractivity contribution in [2.24, 2.45) is 0 Å². The SMILES string of the molecule is CC(=O)c1cscc1Br. The van der Waals surface area contributed by atoms with Crippen LogP contribution >= 0.6 is 27.3 Å². The third-order valence-electron chi connectivity index (χ3n) is 0.994. The molecule has 3 heteroatoms. The zero-order valence-electron chi connectivity index (χ0n) is 4.85. The Bertz CT molecular complexity index is 229. The Labute approximate surface area is 65.8 Å². The molecule has 0 spiro atoms. The third-order valence-corrected chi connectivity index (χ3v) is 2.70. The molecule has 0 radical (unpaired) electrons. The van der Waals surface area contributed by atoms with Crippen molar-refractivity contribution in [2.75, 3.05) is 0 Å². The molecule has 9 heavy (non-hydrogen) atoms. The van der Waals surface area contributed by atoms with Gasteiger partial charge in [0.25, 0.3) is 0 Å². The van der Waals surface area contributed by atoms with Crippen LogP contribution in [0, 0.1) is 0 Å². The molecule has 1 aromatic heterocycles. The molecule has 1 heterocycles. The molecule has 0 aliphatic carbocycles. The van der Waals surface area contributed by atoms with Crippen molar-refractivity contribution in [2.45, 2.75) is 6.92 Å². The number of hydrogen-bond donors (Lipinski definition) is 0. The van der Waals surface area contributed by atoms with Gasteiger partial charge in [0.15, 0.2) is 5.78 Å². The molecule has 0 aliphatic heterocycles. The molecule has 0 unspecified atom stereocenters. The Hall–Kier alpha value is -0.150. The van der Waals surface area contributed by atoms with Gasteiger partial charge in [-0.2, -0.15) is 11.3 Å². The minimum absolute atomic E-state index is 0.114. The minimum Gasteiger partial charge on any atom is -0.294 e. The predicted molar refractivity (Wildman–Crippen MR) is 42.0 cm³/mol. The second-order valence-electron chi connectivity index (χ2n) is 1.69. The first-order chi connectivity index (χ1) is 4.22. The van der Waals surface area contributed by atoms with E-state index in [-0.39, 0.29) is 5.78 Å². The number of hydrogen-bond acceptors (Lipinski definition) is 2. The second kappa shape index (κ2) is 2.62. The summed E-state index contributed by atoms with van der Waals surface area (Å²) in [5.74, 6) is 0.114. The number of Topliss-reactive ketones (excluding diaryl/α,β-unsaturated/α-hetero) is 1. The van der Waals surface area contributed by atoms with Gasteiger partial charge < -0.3 is 0 Å².